The van der Waals surface area contributed by atoms with Crippen LogP contribution in [0.2, 0.25) is 0 Å². The fourth-order valence-electron chi connectivity index (χ4n) is 1.69. The van der Waals surface area contributed by atoms with Crippen LogP contribution in [0.5, 0.6) is 0 Å². The molecule has 2 rings (SSSR count). The van der Waals surface area contributed by atoms with Crippen molar-refractivity contribution in [3.8, 4) is 11.4 Å². The number of hydrogen-bond donors (Lipinski definition) is 0. The summed E-state index contributed by atoms with van der Waals surface area (Å²) in [6.07, 6.45) is 1.77. The van der Waals surface area contributed by atoms with Crippen molar-refractivity contribution in [2.75, 3.05) is 0 Å². The third-order valence-corrected chi connectivity index (χ3v) is 2.80. The lowest BCUT2D eigenvalue weighted by Gasteiger charge is -2.08. The Hall–Kier alpha value is -1.64. The summed E-state index contributed by atoms with van der Waals surface area (Å²) < 4.78 is 2.06. The highest BCUT2D eigenvalue weighted by Gasteiger charge is 2.09. The van der Waals surface area contributed by atoms with Crippen molar-refractivity contribution in [1.29, 1.82) is 0 Å². The van der Waals surface area contributed by atoms with Crippen LogP contribution >= 0.6 is 0 Å². The predicted octanol–water partition coefficient (Wildman–Crippen LogP) is 2.58. The molecule has 0 fully saturated rings. The van der Waals surface area contributed by atoms with Gasteiger partial charge in [-0.1, -0.05) is 18.2 Å². The number of aryl methyl sites for hydroxylation is 2. The first kappa shape index (κ1) is 9.90. The van der Waals surface area contributed by atoms with Gasteiger partial charge in [-0.05, 0) is 31.9 Å². The summed E-state index contributed by atoms with van der Waals surface area (Å²) in [5.74, 6) is 0.957. The summed E-state index contributed by atoms with van der Waals surface area (Å²) in [5.41, 5.74) is 3.74. The molecule has 1 aromatic carbocycles. The SMILES string of the molecule is CCn1cnnc1-c1cccc(C)c1C. The van der Waals surface area contributed by atoms with Gasteiger partial charge >= 0.3 is 0 Å². The smallest absolute Gasteiger partial charge is 0.164 e. The Labute approximate surface area is 89.8 Å². The molecule has 0 unspecified atom stereocenters. The van der Waals surface area contributed by atoms with Gasteiger partial charge in [0.2, 0.25) is 0 Å². The van der Waals surface area contributed by atoms with E-state index in [-0.39, 0.29) is 0 Å². The van der Waals surface area contributed by atoms with Crippen LogP contribution in [-0.2, 0) is 6.54 Å². The standard InChI is InChI=1S/C12H15N3/c1-4-15-8-13-14-12(15)11-7-5-6-9(2)10(11)3/h5-8H,4H2,1-3H3. The Bertz CT molecular complexity index is 471. The molecule has 0 radical (unpaired) electrons. The molecular formula is C12H15N3. The maximum absolute atomic E-state index is 4.17. The number of hydrogen-bond acceptors (Lipinski definition) is 2. The molecule has 1 heterocycles. The molecular weight excluding hydrogens is 186 g/mol. The fourth-order valence-corrected chi connectivity index (χ4v) is 1.69. The second kappa shape index (κ2) is 3.85. The minimum absolute atomic E-state index is 0.899. The van der Waals surface area contributed by atoms with Gasteiger partial charge in [-0.25, -0.2) is 0 Å². The second-order valence-corrected chi connectivity index (χ2v) is 3.69. The number of aromatic nitrogens is 3. The maximum Gasteiger partial charge on any atom is 0.164 e. The largest absolute Gasteiger partial charge is 0.314 e. The molecule has 0 aliphatic carbocycles. The van der Waals surface area contributed by atoms with E-state index in [1.165, 1.54) is 16.7 Å². The van der Waals surface area contributed by atoms with Crippen LogP contribution in [0.15, 0.2) is 24.5 Å². The molecule has 3 heteroatoms. The lowest BCUT2D eigenvalue weighted by Crippen LogP contribution is -1.98. The molecule has 78 valence electrons. The first-order valence-corrected chi connectivity index (χ1v) is 5.18. The van der Waals surface area contributed by atoms with Crippen LogP contribution in [0.1, 0.15) is 18.1 Å². The van der Waals surface area contributed by atoms with E-state index < -0.39 is 0 Å². The molecule has 0 aliphatic heterocycles. The topological polar surface area (TPSA) is 30.7 Å². The van der Waals surface area contributed by atoms with Crippen LogP contribution < -0.4 is 0 Å². The minimum Gasteiger partial charge on any atom is -0.314 e. The Morgan fingerprint density at radius 3 is 2.80 bits per heavy atom. The van der Waals surface area contributed by atoms with E-state index in [2.05, 4.69) is 53.7 Å². The number of benzene rings is 1. The molecule has 0 aliphatic rings. The molecule has 3 nitrogen and oxygen atoms in total. The van der Waals surface area contributed by atoms with Gasteiger partial charge in [0.15, 0.2) is 5.82 Å². The highest BCUT2D eigenvalue weighted by atomic mass is 15.3. The molecule has 1 aromatic heterocycles. The molecule has 15 heavy (non-hydrogen) atoms. The summed E-state index contributed by atoms with van der Waals surface area (Å²) in [7, 11) is 0. The summed E-state index contributed by atoms with van der Waals surface area (Å²) >= 11 is 0. The fraction of sp³-hybridized carbons (Fsp3) is 0.333. The first-order valence-electron chi connectivity index (χ1n) is 5.18. The third kappa shape index (κ3) is 1.65. The van der Waals surface area contributed by atoms with Crippen LogP contribution in [0.3, 0.4) is 0 Å². The van der Waals surface area contributed by atoms with E-state index in [1.807, 2.05) is 0 Å². The zero-order valence-electron chi connectivity index (χ0n) is 9.36. The highest BCUT2D eigenvalue weighted by molar-refractivity contribution is 5.61. The van der Waals surface area contributed by atoms with Crippen LogP contribution in [0, 0.1) is 13.8 Å². The number of nitrogens with zero attached hydrogens (tertiary/aromatic N) is 3. The van der Waals surface area contributed by atoms with Gasteiger partial charge in [-0.2, -0.15) is 0 Å². The first-order chi connectivity index (χ1) is 7.24. The molecule has 0 spiro atoms. The zero-order chi connectivity index (χ0) is 10.8. The van der Waals surface area contributed by atoms with Gasteiger partial charge in [0, 0.05) is 12.1 Å². The van der Waals surface area contributed by atoms with Crippen molar-refractivity contribution in [2.45, 2.75) is 27.3 Å². The molecule has 2 aromatic rings. The van der Waals surface area contributed by atoms with Gasteiger partial charge in [-0.3, -0.25) is 0 Å². The van der Waals surface area contributed by atoms with Crippen molar-refractivity contribution in [3.05, 3.63) is 35.7 Å². The van der Waals surface area contributed by atoms with E-state index in [0.29, 0.717) is 0 Å². The lowest BCUT2D eigenvalue weighted by molar-refractivity contribution is 0.766. The van der Waals surface area contributed by atoms with Crippen molar-refractivity contribution in [1.82, 2.24) is 14.8 Å². The van der Waals surface area contributed by atoms with Crippen molar-refractivity contribution in [2.24, 2.45) is 0 Å². The summed E-state index contributed by atoms with van der Waals surface area (Å²) in [6, 6.07) is 6.27. The quantitative estimate of drug-likeness (QED) is 0.747. The van der Waals surface area contributed by atoms with Gasteiger partial charge in [0.05, 0.1) is 0 Å². The Balaban J connectivity index is 2.59. The van der Waals surface area contributed by atoms with E-state index in [1.54, 1.807) is 6.33 Å². The van der Waals surface area contributed by atoms with Gasteiger partial charge in [0.1, 0.15) is 6.33 Å². The van der Waals surface area contributed by atoms with E-state index >= 15 is 0 Å². The van der Waals surface area contributed by atoms with Gasteiger partial charge in [0.25, 0.3) is 0 Å². The summed E-state index contributed by atoms with van der Waals surface area (Å²) in [6.45, 7) is 7.23. The zero-order valence-corrected chi connectivity index (χ0v) is 9.36. The van der Waals surface area contributed by atoms with Crippen LogP contribution in [-0.4, -0.2) is 14.8 Å². The normalized spacial score (nSPS) is 10.6. The summed E-state index contributed by atoms with van der Waals surface area (Å²) in [5, 5.41) is 8.13. The Kier molecular flexibility index (Phi) is 2.54. The van der Waals surface area contributed by atoms with Crippen LogP contribution in [0.4, 0.5) is 0 Å². The van der Waals surface area contributed by atoms with Gasteiger partial charge in [-0.15, -0.1) is 10.2 Å². The van der Waals surface area contributed by atoms with Crippen molar-refractivity contribution >= 4 is 0 Å². The monoisotopic (exact) mass is 201 g/mol. The Morgan fingerprint density at radius 2 is 2.07 bits per heavy atom. The molecule has 0 saturated carbocycles. The molecule has 0 N–H and O–H groups in total. The third-order valence-electron chi connectivity index (χ3n) is 2.80. The summed E-state index contributed by atoms with van der Waals surface area (Å²) in [4.78, 5) is 0. The number of rotatable bonds is 2. The average molecular weight is 201 g/mol. The average Bonchev–Trinajstić information content (AvgIpc) is 2.70. The highest BCUT2D eigenvalue weighted by Crippen LogP contribution is 2.23. The molecule has 0 atom stereocenters. The van der Waals surface area contributed by atoms with E-state index in [4.69, 9.17) is 0 Å². The molecule has 0 bridgehead atoms. The van der Waals surface area contributed by atoms with Crippen molar-refractivity contribution in [3.63, 3.8) is 0 Å². The molecule has 0 saturated heterocycles. The predicted molar refractivity (Wildman–Crippen MR) is 60.6 cm³/mol. The molecule has 0 amide bonds. The van der Waals surface area contributed by atoms with Gasteiger partial charge < -0.3 is 4.57 Å². The van der Waals surface area contributed by atoms with Crippen molar-refractivity contribution < 1.29 is 0 Å². The Morgan fingerprint density at radius 1 is 1.27 bits per heavy atom. The lowest BCUT2D eigenvalue weighted by atomic mass is 10.0. The van der Waals surface area contributed by atoms with E-state index in [9.17, 15) is 0 Å². The van der Waals surface area contributed by atoms with Crippen LogP contribution in [0.25, 0.3) is 11.4 Å². The van der Waals surface area contributed by atoms with E-state index in [0.717, 1.165) is 12.4 Å². The maximum atomic E-state index is 4.17. The minimum atomic E-state index is 0.899. The second-order valence-electron chi connectivity index (χ2n) is 3.69.